The molecule has 136 valence electrons. The van der Waals surface area contributed by atoms with Gasteiger partial charge < -0.3 is 19.9 Å². The van der Waals surface area contributed by atoms with Crippen molar-refractivity contribution in [1.82, 2.24) is 10.2 Å². The van der Waals surface area contributed by atoms with Crippen LogP contribution in [0, 0.1) is 12.3 Å². The largest absolute Gasteiger partial charge is 0.490 e. The smallest absolute Gasteiger partial charge is 0.329 e. The predicted molar refractivity (Wildman–Crippen MR) is 95.5 cm³/mol. The number of carboxylic acids is 1. The van der Waals surface area contributed by atoms with Crippen LogP contribution in [0.5, 0.6) is 11.5 Å². The van der Waals surface area contributed by atoms with Gasteiger partial charge in [-0.3, -0.25) is 9.59 Å². The van der Waals surface area contributed by atoms with Crippen LogP contribution >= 0.6 is 15.9 Å². The van der Waals surface area contributed by atoms with E-state index >= 15 is 0 Å². The molecule has 2 rings (SSSR count). The van der Waals surface area contributed by atoms with Gasteiger partial charge in [-0.15, -0.1) is 6.42 Å². The highest BCUT2D eigenvalue weighted by Crippen LogP contribution is 2.37. The fraction of sp³-hybridized carbons (Fsp3) is 0.235. The zero-order valence-electron chi connectivity index (χ0n) is 13.7. The van der Waals surface area contributed by atoms with Crippen molar-refractivity contribution in [3.05, 3.63) is 27.9 Å². The maximum absolute atomic E-state index is 12.2. The Hall–Kier alpha value is -2.99. The average Bonchev–Trinajstić information content (AvgIpc) is 2.81. The molecule has 1 fully saturated rings. The van der Waals surface area contributed by atoms with Crippen LogP contribution in [0.15, 0.2) is 22.3 Å². The molecule has 0 saturated carbocycles. The minimum Gasteiger partial charge on any atom is -0.490 e. The lowest BCUT2D eigenvalue weighted by Gasteiger charge is -2.13. The second kappa shape index (κ2) is 8.40. The highest BCUT2D eigenvalue weighted by atomic mass is 79.9. The number of rotatable bonds is 7. The Morgan fingerprint density at radius 3 is 2.77 bits per heavy atom. The van der Waals surface area contributed by atoms with Crippen LogP contribution in [-0.2, 0) is 9.59 Å². The number of carbonyl (C=O) groups excluding carboxylic acids is 2. The van der Waals surface area contributed by atoms with Gasteiger partial charge in [0.2, 0.25) is 0 Å². The molecule has 9 heteroatoms. The van der Waals surface area contributed by atoms with Gasteiger partial charge in [-0.1, -0.05) is 5.92 Å². The third-order valence-electron chi connectivity index (χ3n) is 3.20. The Morgan fingerprint density at radius 1 is 1.42 bits per heavy atom. The minimum atomic E-state index is -1.29. The number of hydrogen-bond acceptors (Lipinski definition) is 5. The summed E-state index contributed by atoms with van der Waals surface area (Å²) < 4.78 is 11.5. The maximum Gasteiger partial charge on any atom is 0.329 e. The number of benzene rings is 1. The zero-order chi connectivity index (χ0) is 19.3. The number of urea groups is 1. The fourth-order valence-electron chi connectivity index (χ4n) is 2.21. The van der Waals surface area contributed by atoms with Gasteiger partial charge in [-0.05, 0) is 46.6 Å². The Morgan fingerprint density at radius 2 is 2.15 bits per heavy atom. The van der Waals surface area contributed by atoms with Crippen LogP contribution in [0.4, 0.5) is 4.79 Å². The summed E-state index contributed by atoms with van der Waals surface area (Å²) in [4.78, 5) is 35.3. The van der Waals surface area contributed by atoms with Crippen molar-refractivity contribution in [2.24, 2.45) is 0 Å². The molecule has 0 spiro atoms. The molecule has 0 unspecified atom stereocenters. The molecule has 0 bridgehead atoms. The Kier molecular flexibility index (Phi) is 6.25. The third-order valence-corrected chi connectivity index (χ3v) is 3.79. The van der Waals surface area contributed by atoms with E-state index in [9.17, 15) is 14.4 Å². The number of halogens is 1. The van der Waals surface area contributed by atoms with Crippen molar-refractivity contribution >= 4 is 39.9 Å². The van der Waals surface area contributed by atoms with Gasteiger partial charge in [0, 0.05) is 0 Å². The molecule has 0 radical (unpaired) electrons. The normalized spacial score (nSPS) is 15.0. The SMILES string of the molecule is C#CCOc1c(Br)cc(/C=C2/NC(=O)N(CC(=O)O)C2=O)cc1OCC. The summed E-state index contributed by atoms with van der Waals surface area (Å²) in [6, 6.07) is 2.48. The van der Waals surface area contributed by atoms with Crippen molar-refractivity contribution in [3.8, 4) is 23.8 Å². The predicted octanol–water partition coefficient (Wildman–Crippen LogP) is 1.84. The van der Waals surface area contributed by atoms with E-state index in [2.05, 4.69) is 27.2 Å². The molecule has 1 aromatic carbocycles. The molecule has 1 aliphatic rings. The maximum atomic E-state index is 12.2. The molecule has 1 aromatic rings. The molecule has 2 N–H and O–H groups in total. The first kappa shape index (κ1) is 19.3. The summed E-state index contributed by atoms with van der Waals surface area (Å²) in [5.74, 6) is 1.18. The third kappa shape index (κ3) is 4.34. The lowest BCUT2D eigenvalue weighted by atomic mass is 10.1. The van der Waals surface area contributed by atoms with Crippen LogP contribution in [0.2, 0.25) is 0 Å². The van der Waals surface area contributed by atoms with Gasteiger partial charge in [-0.2, -0.15) is 0 Å². The van der Waals surface area contributed by atoms with E-state index in [0.29, 0.717) is 33.0 Å². The van der Waals surface area contributed by atoms with E-state index in [-0.39, 0.29) is 12.3 Å². The number of aliphatic carboxylic acids is 1. The summed E-state index contributed by atoms with van der Waals surface area (Å²) in [6.07, 6.45) is 6.62. The molecule has 0 aliphatic carbocycles. The van der Waals surface area contributed by atoms with Crippen molar-refractivity contribution in [1.29, 1.82) is 0 Å². The molecule has 8 nitrogen and oxygen atoms in total. The lowest BCUT2D eigenvalue weighted by Crippen LogP contribution is -2.35. The van der Waals surface area contributed by atoms with Crippen molar-refractivity contribution in [2.45, 2.75) is 6.92 Å². The molecule has 0 aromatic heterocycles. The molecular weight excluding hydrogens is 408 g/mol. The first-order valence-corrected chi connectivity index (χ1v) is 8.25. The highest BCUT2D eigenvalue weighted by Gasteiger charge is 2.34. The van der Waals surface area contributed by atoms with Crippen molar-refractivity contribution in [3.63, 3.8) is 0 Å². The Balaban J connectivity index is 2.35. The molecule has 0 atom stereocenters. The van der Waals surface area contributed by atoms with Gasteiger partial charge in [0.15, 0.2) is 11.5 Å². The number of carbonyl (C=O) groups is 3. The number of imide groups is 1. The lowest BCUT2D eigenvalue weighted by molar-refractivity contribution is -0.140. The monoisotopic (exact) mass is 422 g/mol. The second-order valence-corrected chi connectivity index (χ2v) is 5.88. The first-order valence-electron chi connectivity index (χ1n) is 7.46. The van der Waals surface area contributed by atoms with Crippen LogP contribution in [-0.4, -0.2) is 47.7 Å². The summed E-state index contributed by atoms with van der Waals surface area (Å²) in [7, 11) is 0. The van der Waals surface area contributed by atoms with Crippen LogP contribution in [0.3, 0.4) is 0 Å². The van der Waals surface area contributed by atoms with E-state index in [1.165, 1.54) is 6.08 Å². The van der Waals surface area contributed by atoms with Gasteiger partial charge in [0.25, 0.3) is 5.91 Å². The van der Waals surface area contributed by atoms with E-state index in [0.717, 1.165) is 0 Å². The first-order chi connectivity index (χ1) is 12.4. The van der Waals surface area contributed by atoms with Crippen LogP contribution in [0.1, 0.15) is 12.5 Å². The summed E-state index contributed by atoms with van der Waals surface area (Å²) in [5, 5.41) is 11.1. The number of nitrogens with zero attached hydrogens (tertiary/aromatic N) is 1. The summed E-state index contributed by atoms with van der Waals surface area (Å²) in [5.41, 5.74) is 0.497. The second-order valence-electron chi connectivity index (χ2n) is 5.03. The molecule has 1 saturated heterocycles. The quantitative estimate of drug-likeness (QED) is 0.394. The van der Waals surface area contributed by atoms with Gasteiger partial charge >= 0.3 is 12.0 Å². The van der Waals surface area contributed by atoms with Gasteiger partial charge in [0.05, 0.1) is 11.1 Å². The average molecular weight is 423 g/mol. The van der Waals surface area contributed by atoms with Crippen LogP contribution in [0.25, 0.3) is 6.08 Å². The summed E-state index contributed by atoms with van der Waals surface area (Å²) in [6.45, 7) is 1.52. The summed E-state index contributed by atoms with van der Waals surface area (Å²) >= 11 is 3.36. The highest BCUT2D eigenvalue weighted by molar-refractivity contribution is 9.10. The number of amides is 3. The standard InChI is InChI=1S/C17H15BrN2O6/c1-3-5-26-15-11(18)6-10(8-13(15)25-4-2)7-12-16(23)20(9-14(21)22)17(24)19-12/h1,6-8H,4-5,9H2,2H3,(H,19,24)(H,21,22)/b12-7+. The molecule has 1 heterocycles. The Bertz CT molecular complexity index is 827. The topological polar surface area (TPSA) is 105 Å². The number of ether oxygens (including phenoxy) is 2. The molecular formula is C17H15BrN2O6. The molecule has 3 amide bonds. The zero-order valence-corrected chi connectivity index (χ0v) is 15.3. The molecule has 26 heavy (non-hydrogen) atoms. The van der Waals surface area contributed by atoms with E-state index < -0.39 is 24.5 Å². The van der Waals surface area contributed by atoms with Gasteiger partial charge in [-0.25, -0.2) is 9.69 Å². The fourth-order valence-corrected chi connectivity index (χ4v) is 2.78. The van der Waals surface area contributed by atoms with E-state index in [1.54, 1.807) is 19.1 Å². The van der Waals surface area contributed by atoms with Gasteiger partial charge in [0.1, 0.15) is 18.8 Å². The van der Waals surface area contributed by atoms with E-state index in [4.69, 9.17) is 21.0 Å². The van der Waals surface area contributed by atoms with Crippen molar-refractivity contribution < 1.29 is 29.0 Å². The Labute approximate surface area is 157 Å². The number of carboxylic acid groups (broad SMARTS) is 1. The van der Waals surface area contributed by atoms with Crippen molar-refractivity contribution in [2.75, 3.05) is 19.8 Å². The number of nitrogens with one attached hydrogen (secondary N) is 1. The molecule has 1 aliphatic heterocycles. The number of hydrogen-bond donors (Lipinski definition) is 2. The van der Waals surface area contributed by atoms with Crippen LogP contribution < -0.4 is 14.8 Å². The van der Waals surface area contributed by atoms with E-state index in [1.807, 2.05) is 0 Å². The minimum absolute atomic E-state index is 0.0390. The number of terminal acetylenes is 1.